The molecule has 3 aromatic rings. The molecule has 1 atom stereocenters. The number of aromatic nitrogens is 4. The molecule has 0 radical (unpaired) electrons. The first kappa shape index (κ1) is 15.2. The highest BCUT2D eigenvalue weighted by Gasteiger charge is 2.21. The van der Waals surface area contributed by atoms with Crippen molar-refractivity contribution in [2.45, 2.75) is 25.5 Å². The van der Waals surface area contributed by atoms with E-state index >= 15 is 0 Å². The van der Waals surface area contributed by atoms with Gasteiger partial charge in [-0.2, -0.15) is 9.97 Å². The fourth-order valence-corrected chi connectivity index (χ4v) is 3.00. The molecule has 0 amide bonds. The van der Waals surface area contributed by atoms with Crippen LogP contribution in [-0.2, 0) is 4.74 Å². The Bertz CT molecular complexity index is 876. The summed E-state index contributed by atoms with van der Waals surface area (Å²) in [6.45, 7) is 0.728. The number of ether oxygens (including phenoxy) is 1. The highest BCUT2D eigenvalue weighted by Crippen LogP contribution is 2.31. The van der Waals surface area contributed by atoms with E-state index in [1.165, 1.54) is 0 Å². The third-order valence-corrected chi connectivity index (χ3v) is 4.19. The molecule has 1 saturated heterocycles. The van der Waals surface area contributed by atoms with Crippen molar-refractivity contribution in [2.24, 2.45) is 0 Å². The molecule has 1 unspecified atom stereocenters. The number of nitrogens with zero attached hydrogens (tertiary/aromatic N) is 4. The Morgan fingerprint density at radius 3 is 2.92 bits per heavy atom. The largest absolute Gasteiger partial charge is 0.506 e. The van der Waals surface area contributed by atoms with Gasteiger partial charge >= 0.3 is 0 Å². The van der Waals surface area contributed by atoms with Crippen LogP contribution in [-0.4, -0.2) is 31.2 Å². The number of rotatable bonds is 3. The molecule has 0 bridgehead atoms. The Morgan fingerprint density at radius 2 is 2.12 bits per heavy atom. The molecule has 4 rings (SSSR count). The second-order valence-electron chi connectivity index (χ2n) is 5.63. The molecule has 24 heavy (non-hydrogen) atoms. The molecule has 124 valence electrons. The minimum absolute atomic E-state index is 0.0901. The summed E-state index contributed by atoms with van der Waals surface area (Å²) in [5, 5.41) is 13.1. The van der Waals surface area contributed by atoms with Crippen LogP contribution in [0, 0.1) is 0 Å². The van der Waals surface area contributed by atoms with Gasteiger partial charge in [0.05, 0.1) is 12.0 Å². The number of para-hydroxylation sites is 2. The topological polar surface area (TPSA) is 85.1 Å². The van der Waals surface area contributed by atoms with Gasteiger partial charge in [-0.25, -0.2) is 4.98 Å². The van der Waals surface area contributed by atoms with E-state index in [4.69, 9.17) is 16.3 Å². The normalized spacial score (nSPS) is 18.0. The third kappa shape index (κ3) is 2.76. The number of fused-ring (bicyclic) bond motifs is 1. The van der Waals surface area contributed by atoms with E-state index in [9.17, 15) is 5.11 Å². The van der Waals surface area contributed by atoms with E-state index in [0.717, 1.165) is 25.9 Å². The summed E-state index contributed by atoms with van der Waals surface area (Å²) < 4.78 is 7.69. The summed E-state index contributed by atoms with van der Waals surface area (Å²) in [5.74, 6) is 0.566. The smallest absolute Gasteiger partial charge is 0.226 e. The van der Waals surface area contributed by atoms with Gasteiger partial charge in [-0.3, -0.25) is 4.57 Å². The molecule has 0 spiro atoms. The quantitative estimate of drug-likeness (QED) is 0.557. The second-order valence-corrected chi connectivity index (χ2v) is 5.97. The monoisotopic (exact) mass is 345 g/mol. The van der Waals surface area contributed by atoms with Crippen molar-refractivity contribution in [3.63, 3.8) is 0 Å². The number of imidazole rings is 1. The highest BCUT2D eigenvalue weighted by molar-refractivity contribution is 6.28. The maximum Gasteiger partial charge on any atom is 0.226 e. The molecule has 2 aromatic heterocycles. The number of phenols is 1. The van der Waals surface area contributed by atoms with Crippen molar-refractivity contribution >= 4 is 34.3 Å². The molecule has 0 saturated carbocycles. The van der Waals surface area contributed by atoms with Crippen molar-refractivity contribution < 1.29 is 9.84 Å². The van der Waals surface area contributed by atoms with Gasteiger partial charge in [-0.05, 0) is 43.0 Å². The molecular formula is C16H16ClN5O2. The van der Waals surface area contributed by atoms with Crippen LogP contribution < -0.4 is 5.32 Å². The first-order valence-electron chi connectivity index (χ1n) is 7.79. The Balaban J connectivity index is 1.76. The van der Waals surface area contributed by atoms with Crippen molar-refractivity contribution in [3.8, 4) is 5.75 Å². The average Bonchev–Trinajstić information content (AvgIpc) is 3.01. The summed E-state index contributed by atoms with van der Waals surface area (Å²) in [5.41, 5.74) is 1.72. The molecule has 1 aliphatic rings. The van der Waals surface area contributed by atoms with E-state index in [1.807, 2.05) is 10.6 Å². The predicted molar refractivity (Wildman–Crippen MR) is 90.6 cm³/mol. The van der Waals surface area contributed by atoms with Crippen molar-refractivity contribution in [1.29, 1.82) is 0 Å². The van der Waals surface area contributed by atoms with Crippen molar-refractivity contribution in [3.05, 3.63) is 35.9 Å². The van der Waals surface area contributed by atoms with Gasteiger partial charge in [0.15, 0.2) is 17.0 Å². The van der Waals surface area contributed by atoms with E-state index in [0.29, 0.717) is 22.7 Å². The standard InChI is InChI=1S/C16H16ClN5O2/c17-16-20-14(19-10-5-1-2-6-11(10)23)13-15(21-16)22(9-18-13)12-7-3-4-8-24-12/h1-2,5-6,9,12,23H,3-4,7-8H2,(H,19,20,21). The summed E-state index contributed by atoms with van der Waals surface area (Å²) in [4.78, 5) is 12.9. The van der Waals surface area contributed by atoms with Crippen LogP contribution in [0.3, 0.4) is 0 Å². The zero-order valence-corrected chi connectivity index (χ0v) is 13.6. The fourth-order valence-electron chi connectivity index (χ4n) is 2.84. The van der Waals surface area contributed by atoms with E-state index in [1.54, 1.807) is 24.5 Å². The maximum absolute atomic E-state index is 9.94. The number of halogens is 1. The molecule has 1 fully saturated rings. The number of phenolic OH excluding ortho intramolecular Hbond substituents is 1. The average molecular weight is 346 g/mol. The lowest BCUT2D eigenvalue weighted by atomic mass is 10.2. The molecule has 7 nitrogen and oxygen atoms in total. The number of aromatic hydroxyl groups is 1. The van der Waals surface area contributed by atoms with Crippen LogP contribution in [0.5, 0.6) is 5.75 Å². The van der Waals surface area contributed by atoms with E-state index < -0.39 is 0 Å². The first-order valence-corrected chi connectivity index (χ1v) is 8.17. The Morgan fingerprint density at radius 1 is 1.25 bits per heavy atom. The summed E-state index contributed by atoms with van der Waals surface area (Å²) in [6, 6.07) is 6.91. The van der Waals surface area contributed by atoms with Gasteiger partial charge in [0, 0.05) is 6.61 Å². The van der Waals surface area contributed by atoms with Gasteiger partial charge in [-0.1, -0.05) is 12.1 Å². The van der Waals surface area contributed by atoms with E-state index in [2.05, 4.69) is 20.3 Å². The van der Waals surface area contributed by atoms with Gasteiger partial charge in [0.1, 0.15) is 12.0 Å². The number of benzene rings is 1. The zero-order chi connectivity index (χ0) is 16.5. The maximum atomic E-state index is 9.94. The third-order valence-electron chi connectivity index (χ3n) is 4.02. The van der Waals surface area contributed by atoms with Crippen LogP contribution in [0.2, 0.25) is 5.28 Å². The van der Waals surface area contributed by atoms with Crippen LogP contribution in [0.25, 0.3) is 11.2 Å². The predicted octanol–water partition coefficient (Wildman–Crippen LogP) is 3.63. The molecule has 1 aliphatic heterocycles. The molecular weight excluding hydrogens is 330 g/mol. The molecule has 8 heteroatoms. The van der Waals surface area contributed by atoms with Crippen LogP contribution in [0.1, 0.15) is 25.5 Å². The second kappa shape index (κ2) is 6.26. The lowest BCUT2D eigenvalue weighted by Crippen LogP contribution is -2.17. The highest BCUT2D eigenvalue weighted by atomic mass is 35.5. The van der Waals surface area contributed by atoms with Crippen molar-refractivity contribution in [1.82, 2.24) is 19.5 Å². The minimum Gasteiger partial charge on any atom is -0.506 e. The Labute approximate surface area is 143 Å². The molecule has 2 N–H and O–H groups in total. The first-order chi connectivity index (χ1) is 11.7. The number of hydrogen-bond acceptors (Lipinski definition) is 6. The Kier molecular flexibility index (Phi) is 3.95. The Hall–Kier alpha value is -2.38. The summed E-state index contributed by atoms with van der Waals surface area (Å²) in [7, 11) is 0. The van der Waals surface area contributed by atoms with Gasteiger partial charge in [-0.15, -0.1) is 0 Å². The lowest BCUT2D eigenvalue weighted by Gasteiger charge is -2.23. The van der Waals surface area contributed by atoms with Gasteiger partial charge in [0.25, 0.3) is 0 Å². The molecule has 1 aromatic carbocycles. The number of nitrogens with one attached hydrogen (secondary N) is 1. The van der Waals surface area contributed by atoms with Gasteiger partial charge < -0.3 is 15.2 Å². The van der Waals surface area contributed by atoms with Crippen LogP contribution in [0.4, 0.5) is 11.5 Å². The van der Waals surface area contributed by atoms with E-state index in [-0.39, 0.29) is 17.3 Å². The molecule has 3 heterocycles. The SMILES string of the molecule is Oc1ccccc1Nc1nc(Cl)nc2c1ncn2C1CCCCO1. The fraction of sp³-hybridized carbons (Fsp3) is 0.312. The van der Waals surface area contributed by atoms with Crippen molar-refractivity contribution in [2.75, 3.05) is 11.9 Å². The van der Waals surface area contributed by atoms with Crippen LogP contribution >= 0.6 is 11.6 Å². The lowest BCUT2D eigenvalue weighted by molar-refractivity contribution is -0.0298. The summed E-state index contributed by atoms with van der Waals surface area (Å²) >= 11 is 6.09. The van der Waals surface area contributed by atoms with Crippen LogP contribution in [0.15, 0.2) is 30.6 Å². The van der Waals surface area contributed by atoms with Gasteiger partial charge in [0.2, 0.25) is 5.28 Å². The summed E-state index contributed by atoms with van der Waals surface area (Å²) in [6.07, 6.45) is 4.69. The number of hydrogen-bond donors (Lipinski definition) is 2. The molecule has 0 aliphatic carbocycles. The number of anilines is 2. The minimum atomic E-state index is -0.0901. The zero-order valence-electron chi connectivity index (χ0n) is 12.8.